The van der Waals surface area contributed by atoms with Gasteiger partial charge in [0.1, 0.15) is 23.0 Å². The van der Waals surface area contributed by atoms with Gasteiger partial charge in [-0.2, -0.15) is 4.98 Å². The Balaban J connectivity index is 1.45. The van der Waals surface area contributed by atoms with Crippen LogP contribution in [0.25, 0.3) is 16.7 Å². The molecule has 0 bridgehead atoms. The first-order valence-electron chi connectivity index (χ1n) is 11.2. The van der Waals surface area contributed by atoms with Crippen LogP contribution in [0.2, 0.25) is 0 Å². The molecule has 36 heavy (non-hydrogen) atoms. The van der Waals surface area contributed by atoms with Crippen LogP contribution in [0, 0.1) is 5.82 Å². The first-order valence-corrected chi connectivity index (χ1v) is 11.2. The van der Waals surface area contributed by atoms with Gasteiger partial charge in [-0.1, -0.05) is 18.2 Å². The number of carbonyl (C=O) groups excluding carboxylic acids is 1. The van der Waals surface area contributed by atoms with Crippen molar-refractivity contribution in [1.82, 2.24) is 24.7 Å². The monoisotopic (exact) mass is 487 g/mol. The molecule has 1 amide bonds. The SMILES string of the molecule is COc1ccc(C(CC(=O)NCc2nc3ccc(F)cc3[nH]2)c2c(O)nc3ccccn3c2=O)cc1. The Hall–Kier alpha value is -4.73. The summed E-state index contributed by atoms with van der Waals surface area (Å²) in [5.74, 6) is -0.906. The highest BCUT2D eigenvalue weighted by atomic mass is 19.1. The number of benzene rings is 2. The maximum absolute atomic E-state index is 13.5. The number of rotatable bonds is 7. The van der Waals surface area contributed by atoms with Crippen molar-refractivity contribution in [3.8, 4) is 11.6 Å². The zero-order chi connectivity index (χ0) is 25.2. The Kier molecular flexibility index (Phi) is 6.07. The number of hydrogen-bond acceptors (Lipinski definition) is 6. The third-order valence-corrected chi connectivity index (χ3v) is 5.95. The normalized spacial score (nSPS) is 12.1. The Morgan fingerprint density at radius 2 is 1.97 bits per heavy atom. The average Bonchev–Trinajstić information content (AvgIpc) is 3.29. The Morgan fingerprint density at radius 1 is 1.17 bits per heavy atom. The Labute approximate surface area is 204 Å². The van der Waals surface area contributed by atoms with Gasteiger partial charge in [-0.3, -0.25) is 14.0 Å². The molecule has 182 valence electrons. The number of aromatic amines is 1. The minimum atomic E-state index is -0.780. The van der Waals surface area contributed by atoms with Gasteiger partial charge in [0.2, 0.25) is 11.8 Å². The standard InChI is InChI=1S/C26H22FN5O4/c1-36-17-8-5-15(6-9-17)18(24-25(34)31-22-4-2-3-11-32(22)26(24)35)13-23(33)28-14-21-29-19-10-7-16(27)12-20(19)30-21/h2-12,18,34H,13-14H2,1H3,(H,28,33)(H,29,30). The van der Waals surface area contributed by atoms with Crippen LogP contribution in [-0.4, -0.2) is 37.5 Å². The number of imidazole rings is 1. The van der Waals surface area contributed by atoms with E-state index in [1.54, 1.807) is 54.7 Å². The minimum Gasteiger partial charge on any atom is -0.497 e. The highest BCUT2D eigenvalue weighted by Gasteiger charge is 2.26. The van der Waals surface area contributed by atoms with Crippen LogP contribution in [0.1, 0.15) is 29.3 Å². The summed E-state index contributed by atoms with van der Waals surface area (Å²) in [7, 11) is 1.54. The largest absolute Gasteiger partial charge is 0.497 e. The molecule has 0 aliphatic carbocycles. The van der Waals surface area contributed by atoms with E-state index in [1.165, 1.54) is 23.6 Å². The maximum Gasteiger partial charge on any atom is 0.265 e. The van der Waals surface area contributed by atoms with Gasteiger partial charge in [0, 0.05) is 18.5 Å². The molecule has 3 aromatic heterocycles. The lowest BCUT2D eigenvalue weighted by Crippen LogP contribution is -2.29. The fraction of sp³-hybridized carbons (Fsp3) is 0.154. The summed E-state index contributed by atoms with van der Waals surface area (Å²) >= 11 is 0. The van der Waals surface area contributed by atoms with Crippen molar-refractivity contribution >= 4 is 22.6 Å². The van der Waals surface area contributed by atoms with Crippen LogP contribution in [-0.2, 0) is 11.3 Å². The maximum atomic E-state index is 13.5. The van der Waals surface area contributed by atoms with Crippen LogP contribution >= 0.6 is 0 Å². The molecule has 2 aromatic carbocycles. The van der Waals surface area contributed by atoms with Crippen molar-refractivity contribution < 1.29 is 19.0 Å². The number of fused-ring (bicyclic) bond motifs is 2. The smallest absolute Gasteiger partial charge is 0.265 e. The Bertz CT molecular complexity index is 1630. The Morgan fingerprint density at radius 3 is 2.75 bits per heavy atom. The number of aromatic hydroxyl groups is 1. The topological polar surface area (TPSA) is 122 Å². The third-order valence-electron chi connectivity index (χ3n) is 5.95. The second kappa shape index (κ2) is 9.49. The number of nitrogens with zero attached hydrogens (tertiary/aromatic N) is 3. The summed E-state index contributed by atoms with van der Waals surface area (Å²) in [6.07, 6.45) is 1.42. The summed E-state index contributed by atoms with van der Waals surface area (Å²) in [6.45, 7) is 0.0748. The van der Waals surface area contributed by atoms with Gasteiger partial charge in [-0.05, 0) is 48.0 Å². The number of carbonyl (C=O) groups is 1. The molecule has 0 aliphatic rings. The summed E-state index contributed by atoms with van der Waals surface area (Å²) in [6, 6.07) is 16.1. The third kappa shape index (κ3) is 4.48. The zero-order valence-corrected chi connectivity index (χ0v) is 19.2. The van der Waals surface area contributed by atoms with E-state index in [0.29, 0.717) is 33.8 Å². The lowest BCUT2D eigenvalue weighted by molar-refractivity contribution is -0.121. The van der Waals surface area contributed by atoms with Crippen molar-refractivity contribution in [1.29, 1.82) is 0 Å². The second-order valence-electron chi connectivity index (χ2n) is 8.23. The molecule has 0 fully saturated rings. The molecule has 5 rings (SSSR count). The zero-order valence-electron chi connectivity index (χ0n) is 19.2. The first-order chi connectivity index (χ1) is 17.4. The molecule has 9 nitrogen and oxygen atoms in total. The van der Waals surface area contributed by atoms with Crippen LogP contribution in [0.4, 0.5) is 4.39 Å². The molecule has 0 spiro atoms. The molecule has 0 saturated carbocycles. The predicted octanol–water partition coefficient (Wildman–Crippen LogP) is 3.26. The molecular formula is C26H22FN5O4. The molecule has 3 heterocycles. The van der Waals surface area contributed by atoms with E-state index in [0.717, 1.165) is 0 Å². The van der Waals surface area contributed by atoms with E-state index in [9.17, 15) is 19.1 Å². The first kappa shape index (κ1) is 23.0. The second-order valence-corrected chi connectivity index (χ2v) is 8.23. The summed E-state index contributed by atoms with van der Waals surface area (Å²) in [5, 5.41) is 13.5. The molecule has 3 N–H and O–H groups in total. The van der Waals surface area contributed by atoms with Crippen LogP contribution < -0.4 is 15.6 Å². The fourth-order valence-electron chi connectivity index (χ4n) is 4.18. The fourth-order valence-corrected chi connectivity index (χ4v) is 4.18. The number of methoxy groups -OCH3 is 1. The van der Waals surface area contributed by atoms with Gasteiger partial charge >= 0.3 is 0 Å². The summed E-state index contributed by atoms with van der Waals surface area (Å²) in [5.41, 5.74) is 1.58. The molecule has 0 aliphatic heterocycles. The summed E-state index contributed by atoms with van der Waals surface area (Å²) in [4.78, 5) is 37.8. The molecule has 0 radical (unpaired) electrons. The number of H-pyrrole nitrogens is 1. The predicted molar refractivity (Wildman–Crippen MR) is 130 cm³/mol. The summed E-state index contributed by atoms with van der Waals surface area (Å²) < 4.78 is 20.0. The lowest BCUT2D eigenvalue weighted by atomic mass is 9.89. The van der Waals surface area contributed by atoms with Crippen molar-refractivity contribution in [2.24, 2.45) is 0 Å². The van der Waals surface area contributed by atoms with E-state index in [1.807, 2.05) is 0 Å². The van der Waals surface area contributed by atoms with Gasteiger partial charge in [0.15, 0.2) is 0 Å². The van der Waals surface area contributed by atoms with E-state index in [-0.39, 0.29) is 30.3 Å². The number of halogens is 1. The van der Waals surface area contributed by atoms with E-state index >= 15 is 0 Å². The van der Waals surface area contributed by atoms with E-state index < -0.39 is 17.4 Å². The molecule has 1 unspecified atom stereocenters. The molecule has 5 aromatic rings. The molecule has 1 atom stereocenters. The number of ether oxygens (including phenoxy) is 1. The van der Waals surface area contributed by atoms with Crippen molar-refractivity contribution in [2.45, 2.75) is 18.9 Å². The number of amides is 1. The minimum absolute atomic E-state index is 0.0122. The number of aromatic nitrogens is 4. The average molecular weight is 487 g/mol. The van der Waals surface area contributed by atoms with Gasteiger partial charge < -0.3 is 20.1 Å². The van der Waals surface area contributed by atoms with E-state index in [2.05, 4.69) is 20.3 Å². The van der Waals surface area contributed by atoms with Gasteiger partial charge in [-0.15, -0.1) is 0 Å². The highest BCUT2D eigenvalue weighted by Crippen LogP contribution is 2.32. The number of hydrogen-bond donors (Lipinski definition) is 3. The van der Waals surface area contributed by atoms with Crippen molar-refractivity contribution in [3.63, 3.8) is 0 Å². The lowest BCUT2D eigenvalue weighted by Gasteiger charge is -2.18. The van der Waals surface area contributed by atoms with Crippen molar-refractivity contribution in [3.05, 3.63) is 100.0 Å². The van der Waals surface area contributed by atoms with Crippen LogP contribution in [0.3, 0.4) is 0 Å². The van der Waals surface area contributed by atoms with Crippen LogP contribution in [0.15, 0.2) is 71.7 Å². The number of pyridine rings is 1. The van der Waals surface area contributed by atoms with Crippen molar-refractivity contribution in [2.75, 3.05) is 7.11 Å². The van der Waals surface area contributed by atoms with E-state index in [4.69, 9.17) is 4.74 Å². The van der Waals surface area contributed by atoms with Gasteiger partial charge in [-0.25, -0.2) is 9.37 Å². The van der Waals surface area contributed by atoms with Crippen LogP contribution in [0.5, 0.6) is 11.6 Å². The molecule has 10 heteroatoms. The van der Waals surface area contributed by atoms with Gasteiger partial charge in [0.05, 0.1) is 30.3 Å². The number of nitrogens with one attached hydrogen (secondary N) is 2. The molecule has 0 saturated heterocycles. The highest BCUT2D eigenvalue weighted by molar-refractivity contribution is 5.78. The quantitative estimate of drug-likeness (QED) is 0.324. The van der Waals surface area contributed by atoms with Gasteiger partial charge in [0.25, 0.3) is 5.56 Å². The molecular weight excluding hydrogens is 465 g/mol.